The Morgan fingerprint density at radius 1 is 1.47 bits per heavy atom. The molecule has 0 aliphatic rings. The number of hydrogen-bond acceptors (Lipinski definition) is 4. The van der Waals surface area contributed by atoms with Gasteiger partial charge in [0.1, 0.15) is 5.82 Å². The monoisotopic (exact) mass is 237 g/mol. The summed E-state index contributed by atoms with van der Waals surface area (Å²) in [6.07, 6.45) is 3.02. The van der Waals surface area contributed by atoms with Gasteiger partial charge >= 0.3 is 0 Å². The number of aromatic nitrogens is 1. The fraction of sp³-hybridized carbons (Fsp3) is 0.615. The van der Waals surface area contributed by atoms with Crippen LogP contribution in [0.4, 0.5) is 5.82 Å². The number of hydrogen-bond donors (Lipinski definition) is 1. The molecule has 1 N–H and O–H groups in total. The SMILES string of the molecule is CCCNCc1ccnc(N(C)CCOC)c1. The predicted molar refractivity (Wildman–Crippen MR) is 71.4 cm³/mol. The number of nitrogens with one attached hydrogen (secondary N) is 1. The molecule has 0 unspecified atom stereocenters. The molecule has 17 heavy (non-hydrogen) atoms. The van der Waals surface area contributed by atoms with E-state index in [0.717, 1.165) is 38.5 Å². The molecule has 0 aliphatic carbocycles. The molecule has 1 aromatic rings. The molecule has 4 nitrogen and oxygen atoms in total. The third kappa shape index (κ3) is 5.15. The van der Waals surface area contributed by atoms with Gasteiger partial charge in [0.25, 0.3) is 0 Å². The van der Waals surface area contributed by atoms with Gasteiger partial charge < -0.3 is 15.0 Å². The van der Waals surface area contributed by atoms with Crippen LogP contribution in [0.5, 0.6) is 0 Å². The molecular weight excluding hydrogens is 214 g/mol. The molecule has 4 heteroatoms. The number of pyridine rings is 1. The van der Waals surface area contributed by atoms with E-state index in [2.05, 4.69) is 34.3 Å². The molecule has 0 atom stereocenters. The fourth-order valence-electron chi connectivity index (χ4n) is 1.53. The molecule has 0 saturated carbocycles. The minimum atomic E-state index is 0.719. The smallest absolute Gasteiger partial charge is 0.128 e. The van der Waals surface area contributed by atoms with Crippen molar-refractivity contribution in [3.8, 4) is 0 Å². The zero-order valence-corrected chi connectivity index (χ0v) is 11.1. The molecule has 0 radical (unpaired) electrons. The first-order valence-corrected chi connectivity index (χ1v) is 6.13. The fourth-order valence-corrected chi connectivity index (χ4v) is 1.53. The molecule has 0 bridgehead atoms. The van der Waals surface area contributed by atoms with Crippen molar-refractivity contribution in [1.29, 1.82) is 0 Å². The van der Waals surface area contributed by atoms with Crippen LogP contribution in [-0.2, 0) is 11.3 Å². The van der Waals surface area contributed by atoms with Crippen LogP contribution in [0.3, 0.4) is 0 Å². The van der Waals surface area contributed by atoms with Gasteiger partial charge in [-0.1, -0.05) is 6.92 Å². The quantitative estimate of drug-likeness (QED) is 0.698. The van der Waals surface area contributed by atoms with E-state index in [1.165, 1.54) is 5.56 Å². The molecule has 0 spiro atoms. The zero-order valence-electron chi connectivity index (χ0n) is 11.1. The van der Waals surface area contributed by atoms with E-state index in [1.54, 1.807) is 7.11 Å². The Morgan fingerprint density at radius 2 is 2.29 bits per heavy atom. The minimum absolute atomic E-state index is 0.719. The predicted octanol–water partition coefficient (Wildman–Crippen LogP) is 1.66. The number of methoxy groups -OCH3 is 1. The zero-order chi connectivity index (χ0) is 12.5. The van der Waals surface area contributed by atoms with Crippen molar-refractivity contribution in [2.75, 3.05) is 38.8 Å². The normalized spacial score (nSPS) is 10.5. The average molecular weight is 237 g/mol. The summed E-state index contributed by atoms with van der Waals surface area (Å²) in [5, 5.41) is 3.39. The van der Waals surface area contributed by atoms with E-state index in [1.807, 2.05) is 13.2 Å². The molecule has 96 valence electrons. The topological polar surface area (TPSA) is 37.4 Å². The summed E-state index contributed by atoms with van der Waals surface area (Å²) in [6, 6.07) is 4.18. The Bertz CT molecular complexity index is 317. The first-order chi connectivity index (χ1) is 8.27. The second-order valence-electron chi connectivity index (χ2n) is 4.11. The van der Waals surface area contributed by atoms with Gasteiger partial charge in [0.05, 0.1) is 6.61 Å². The van der Waals surface area contributed by atoms with Gasteiger partial charge in [0.15, 0.2) is 0 Å². The highest BCUT2D eigenvalue weighted by atomic mass is 16.5. The van der Waals surface area contributed by atoms with Crippen molar-refractivity contribution in [3.05, 3.63) is 23.9 Å². The standard InChI is InChI=1S/C13H23N3O/c1-4-6-14-11-12-5-7-15-13(10-12)16(2)8-9-17-3/h5,7,10,14H,4,6,8-9,11H2,1-3H3. The maximum absolute atomic E-state index is 5.06. The van der Waals surface area contributed by atoms with Gasteiger partial charge in [0.2, 0.25) is 0 Å². The van der Waals surface area contributed by atoms with E-state index in [-0.39, 0.29) is 0 Å². The first-order valence-electron chi connectivity index (χ1n) is 6.13. The van der Waals surface area contributed by atoms with Crippen molar-refractivity contribution in [3.63, 3.8) is 0 Å². The van der Waals surface area contributed by atoms with Gasteiger partial charge in [-0.2, -0.15) is 0 Å². The summed E-state index contributed by atoms with van der Waals surface area (Å²) in [5.74, 6) is 0.998. The number of rotatable bonds is 8. The number of anilines is 1. The first kappa shape index (κ1) is 13.9. The number of nitrogens with zero attached hydrogens (tertiary/aromatic N) is 2. The molecule has 0 saturated heterocycles. The van der Waals surface area contributed by atoms with Crippen LogP contribution in [0.2, 0.25) is 0 Å². The summed E-state index contributed by atoms with van der Waals surface area (Å²) >= 11 is 0. The number of likely N-dealkylation sites (N-methyl/N-ethyl adjacent to an activating group) is 1. The third-order valence-electron chi connectivity index (χ3n) is 2.59. The lowest BCUT2D eigenvalue weighted by molar-refractivity contribution is 0.206. The summed E-state index contributed by atoms with van der Waals surface area (Å²) in [5.41, 5.74) is 1.27. The van der Waals surface area contributed by atoms with E-state index < -0.39 is 0 Å². The summed E-state index contributed by atoms with van der Waals surface area (Å²) in [4.78, 5) is 6.47. The lowest BCUT2D eigenvalue weighted by Crippen LogP contribution is -2.23. The van der Waals surface area contributed by atoms with Gasteiger partial charge in [-0.25, -0.2) is 4.98 Å². The van der Waals surface area contributed by atoms with Crippen LogP contribution in [0.1, 0.15) is 18.9 Å². The molecule has 0 aromatic carbocycles. The van der Waals surface area contributed by atoms with Crippen molar-refractivity contribution >= 4 is 5.82 Å². The van der Waals surface area contributed by atoms with E-state index >= 15 is 0 Å². The lowest BCUT2D eigenvalue weighted by Gasteiger charge is -2.18. The van der Waals surface area contributed by atoms with Gasteiger partial charge in [-0.3, -0.25) is 0 Å². The summed E-state index contributed by atoms with van der Waals surface area (Å²) < 4.78 is 5.06. The molecule has 1 aromatic heterocycles. The Kier molecular flexibility index (Phi) is 6.58. The van der Waals surface area contributed by atoms with Crippen molar-refractivity contribution in [1.82, 2.24) is 10.3 Å². The van der Waals surface area contributed by atoms with Crippen LogP contribution in [0, 0.1) is 0 Å². The van der Waals surface area contributed by atoms with Crippen LogP contribution < -0.4 is 10.2 Å². The van der Waals surface area contributed by atoms with Gasteiger partial charge in [-0.15, -0.1) is 0 Å². The van der Waals surface area contributed by atoms with Crippen molar-refractivity contribution < 1.29 is 4.74 Å². The maximum atomic E-state index is 5.06. The highest BCUT2D eigenvalue weighted by Crippen LogP contribution is 2.10. The molecule has 0 fully saturated rings. The highest BCUT2D eigenvalue weighted by Gasteiger charge is 2.02. The molecule has 0 aliphatic heterocycles. The Morgan fingerprint density at radius 3 is 3.00 bits per heavy atom. The van der Waals surface area contributed by atoms with E-state index in [0.29, 0.717) is 0 Å². The van der Waals surface area contributed by atoms with Gasteiger partial charge in [-0.05, 0) is 30.7 Å². The lowest BCUT2D eigenvalue weighted by atomic mass is 10.2. The second kappa shape index (κ2) is 8.03. The highest BCUT2D eigenvalue weighted by molar-refractivity contribution is 5.39. The third-order valence-corrected chi connectivity index (χ3v) is 2.59. The Hall–Kier alpha value is -1.13. The van der Waals surface area contributed by atoms with Crippen LogP contribution in [-0.4, -0.2) is 38.8 Å². The average Bonchev–Trinajstić information content (AvgIpc) is 2.36. The van der Waals surface area contributed by atoms with Gasteiger partial charge in [0, 0.05) is 33.4 Å². The Labute approximate surface area is 104 Å². The largest absolute Gasteiger partial charge is 0.383 e. The second-order valence-corrected chi connectivity index (χ2v) is 4.11. The van der Waals surface area contributed by atoms with Crippen molar-refractivity contribution in [2.45, 2.75) is 19.9 Å². The van der Waals surface area contributed by atoms with Crippen LogP contribution in [0.25, 0.3) is 0 Å². The summed E-state index contributed by atoms with van der Waals surface area (Å²) in [6.45, 7) is 5.70. The van der Waals surface area contributed by atoms with E-state index in [4.69, 9.17) is 4.74 Å². The Balaban J connectivity index is 2.52. The van der Waals surface area contributed by atoms with Crippen LogP contribution in [0.15, 0.2) is 18.3 Å². The van der Waals surface area contributed by atoms with Crippen molar-refractivity contribution in [2.24, 2.45) is 0 Å². The maximum Gasteiger partial charge on any atom is 0.128 e. The molecule has 1 heterocycles. The molecule has 1 rings (SSSR count). The molecular formula is C13H23N3O. The number of ether oxygens (including phenoxy) is 1. The molecule has 0 amide bonds. The van der Waals surface area contributed by atoms with Crippen LogP contribution >= 0.6 is 0 Å². The minimum Gasteiger partial charge on any atom is -0.383 e. The van der Waals surface area contributed by atoms with E-state index in [9.17, 15) is 0 Å². The summed E-state index contributed by atoms with van der Waals surface area (Å²) in [7, 11) is 3.75.